The average molecular weight is 1520 g/mol. The second-order valence-electron chi connectivity index (χ2n) is 27.8. The van der Waals surface area contributed by atoms with E-state index in [2.05, 4.69) is 57.5 Å². The molecular formula is C74H106N20O13S. The fourth-order valence-electron chi connectivity index (χ4n) is 13.6. The van der Waals surface area contributed by atoms with Crippen molar-refractivity contribution in [1.82, 2.24) is 62.3 Å². The Morgan fingerprint density at radius 3 is 1.69 bits per heavy atom. The molecule has 2 saturated heterocycles. The number of hydrogen-bond acceptors (Lipinski definition) is 18. The molecule has 586 valence electrons. The van der Waals surface area contributed by atoms with Gasteiger partial charge >= 0.3 is 0 Å². The molecule has 34 heteroatoms. The quantitative estimate of drug-likeness (QED) is 0.00965. The monoisotopic (exact) mass is 1510 g/mol. The van der Waals surface area contributed by atoms with Gasteiger partial charge in [0.1, 0.15) is 60.7 Å². The van der Waals surface area contributed by atoms with Crippen molar-refractivity contribution in [3.8, 4) is 0 Å². The zero-order valence-electron chi connectivity index (χ0n) is 61.4. The number of para-hydroxylation sites is 2. The third-order valence-electron chi connectivity index (χ3n) is 19.2. The number of carbonyl (C=O) groups is 13. The number of primary amides is 3. The Hall–Kier alpha value is -10.4. The van der Waals surface area contributed by atoms with E-state index in [4.69, 9.17) is 40.1 Å². The van der Waals surface area contributed by atoms with Crippen LogP contribution in [-0.4, -0.2) is 208 Å². The van der Waals surface area contributed by atoms with Gasteiger partial charge in [0, 0.05) is 73.1 Å². The van der Waals surface area contributed by atoms with Gasteiger partial charge in [-0.25, -0.2) is 0 Å². The van der Waals surface area contributed by atoms with Gasteiger partial charge in [0.05, 0.1) is 18.1 Å². The molecule has 2 aliphatic heterocycles. The van der Waals surface area contributed by atoms with Crippen LogP contribution in [0.1, 0.15) is 133 Å². The number of nitrogens with one attached hydrogen (secondary N) is 10. The number of aromatic amines is 2. The van der Waals surface area contributed by atoms with Crippen LogP contribution in [0.4, 0.5) is 0 Å². The minimum absolute atomic E-state index is 0.0606. The minimum Gasteiger partial charge on any atom is -0.370 e. The van der Waals surface area contributed by atoms with Gasteiger partial charge in [-0.05, 0) is 143 Å². The Morgan fingerprint density at radius 2 is 1.09 bits per heavy atom. The zero-order chi connectivity index (χ0) is 78.6. The number of H-pyrrole nitrogens is 2. The first-order valence-corrected chi connectivity index (χ1v) is 38.1. The number of aromatic nitrogens is 2. The van der Waals surface area contributed by atoms with Gasteiger partial charge in [-0.3, -0.25) is 67.8 Å². The standard InChI is InChI=1S/C74H106N20O13S/c1-42(2)36-55(67(101)86-51(64(79)98)30-35-108-3)90-69(103)57(38-44-39-83-49-21-9-7-18-45(44)49)91-68(102)56(37-43-16-5-4-6-17-43)85-63(47-40-84-50-22-10-8-19-46(47)50)58(41-95)92-66(100)52(26-28-61(77)96)87-65(99)53(27-29-62(78)97)88-70(104)60-25-15-34-94(60)73(107)54(23-11-12-31-75)89-71(105)59-24-14-33-93(59)72(106)48(76)20-13-32-82-74(80)81/h4-10,16-19,21-22,39-42,48,51-60,63,83-85H,11-15,20,23-38,75-76H2,1-3H3,(H2,77,96)(H2,78,97)(H2,79,98)(H,86,101)(H,87,99)(H,88,104)(H,89,105)(H,90,103)(H,91,102)(H,92,100)(H4,80,81,82)/t48-,51-,52-,53-,54-,55-,56-,57+,58-,59+,60-,63?/m0/s1. The van der Waals surface area contributed by atoms with Crippen LogP contribution in [0.25, 0.3) is 21.8 Å². The van der Waals surface area contributed by atoms with Gasteiger partial charge in [-0.1, -0.05) is 80.6 Å². The lowest BCUT2D eigenvalue weighted by Gasteiger charge is -2.32. The molecule has 0 spiro atoms. The maximum absolute atomic E-state index is 15.6. The Morgan fingerprint density at radius 1 is 0.565 bits per heavy atom. The van der Waals surface area contributed by atoms with Crippen molar-refractivity contribution in [2.45, 2.75) is 196 Å². The van der Waals surface area contributed by atoms with E-state index in [0.717, 1.165) is 10.9 Å². The number of carbonyl (C=O) groups excluding carboxylic acids is 13. The lowest BCUT2D eigenvalue weighted by molar-refractivity contribution is -0.144. The number of unbranched alkanes of at least 4 members (excludes halogenated alkanes) is 1. The minimum atomic E-state index is -1.70. The van der Waals surface area contributed by atoms with E-state index in [1.807, 2.05) is 44.4 Å². The van der Waals surface area contributed by atoms with E-state index < -0.39 is 169 Å². The van der Waals surface area contributed by atoms with Crippen LogP contribution in [-0.2, 0) is 75.2 Å². The highest BCUT2D eigenvalue weighted by Crippen LogP contribution is 2.29. The van der Waals surface area contributed by atoms with Crippen LogP contribution >= 0.6 is 11.8 Å². The van der Waals surface area contributed by atoms with Crippen molar-refractivity contribution in [2.24, 2.45) is 51.0 Å². The van der Waals surface area contributed by atoms with E-state index in [-0.39, 0.29) is 83.0 Å². The molecule has 4 heterocycles. The van der Waals surface area contributed by atoms with E-state index >= 15 is 14.4 Å². The SMILES string of the molecule is CSCC[C@H](NC(=O)[C@H](CC(C)C)NC(=O)[C@@H](Cc1c[nH]c2ccccc12)NC(=O)[C@H](Cc1ccccc1)NC(c1c[nH]c2ccccc12)[C@H](C=O)NC(=O)[C@H](CCC(N)=O)NC(=O)[C@H](CCC(N)=O)NC(=O)[C@@H]1CCCN1C(=O)[C@H](CCCCN)NC(=O)[C@H]1CCCN1C(=O)[C@@H](N)CCCN=C(N)N)C(N)=O. The molecule has 2 aliphatic rings. The second-order valence-corrected chi connectivity index (χ2v) is 28.8. The number of fused-ring (bicyclic) bond motifs is 2. The Bertz CT molecular complexity index is 3960. The molecule has 7 rings (SSSR count). The number of hydrogen-bond donors (Lipinski definition) is 17. The maximum atomic E-state index is 15.6. The van der Waals surface area contributed by atoms with Gasteiger partial charge in [0.2, 0.25) is 70.9 Å². The van der Waals surface area contributed by atoms with Crippen LogP contribution in [0.2, 0.25) is 0 Å². The molecule has 0 aliphatic carbocycles. The van der Waals surface area contributed by atoms with Gasteiger partial charge in [0.15, 0.2) is 5.96 Å². The summed E-state index contributed by atoms with van der Waals surface area (Å²) in [6.45, 7) is 4.53. The normalized spacial score (nSPS) is 17.0. The average Bonchev–Trinajstić information content (AvgIpc) is 1.60. The van der Waals surface area contributed by atoms with Crippen molar-refractivity contribution in [3.05, 3.63) is 108 Å². The van der Waals surface area contributed by atoms with Gasteiger partial charge < -0.3 is 102 Å². The summed E-state index contributed by atoms with van der Waals surface area (Å²) in [4.78, 5) is 196. The molecule has 3 aromatic carbocycles. The fourth-order valence-corrected chi connectivity index (χ4v) is 14.1. The topological polar surface area (TPSA) is 551 Å². The van der Waals surface area contributed by atoms with Gasteiger partial charge in [-0.15, -0.1) is 0 Å². The summed E-state index contributed by atoms with van der Waals surface area (Å²) < 4.78 is 0. The largest absolute Gasteiger partial charge is 0.370 e. The molecule has 12 amide bonds. The third kappa shape index (κ3) is 24.8. The highest BCUT2D eigenvalue weighted by atomic mass is 32.2. The summed E-state index contributed by atoms with van der Waals surface area (Å²) in [6.07, 6.45) is 6.70. The molecule has 108 heavy (non-hydrogen) atoms. The lowest BCUT2D eigenvalue weighted by Crippen LogP contribution is -2.60. The molecule has 33 nitrogen and oxygen atoms in total. The van der Waals surface area contributed by atoms with Crippen LogP contribution < -0.4 is 82.7 Å². The number of benzene rings is 3. The molecule has 0 bridgehead atoms. The first kappa shape index (κ1) is 84.8. The molecular weight excluding hydrogens is 1410 g/mol. The number of aliphatic imine (C=N–C) groups is 1. The second kappa shape index (κ2) is 42.2. The number of nitrogens with zero attached hydrogens (tertiary/aromatic N) is 3. The Balaban J connectivity index is 1.16. The predicted octanol–water partition coefficient (Wildman–Crippen LogP) is -0.966. The summed E-state index contributed by atoms with van der Waals surface area (Å²) in [5, 5.41) is 24.0. The van der Waals surface area contributed by atoms with Crippen molar-refractivity contribution < 1.29 is 62.3 Å². The van der Waals surface area contributed by atoms with Crippen molar-refractivity contribution in [2.75, 3.05) is 38.2 Å². The van der Waals surface area contributed by atoms with Gasteiger partial charge in [-0.2, -0.15) is 11.8 Å². The summed E-state index contributed by atoms with van der Waals surface area (Å²) in [5.41, 5.74) is 42.9. The number of guanidine groups is 1. The predicted molar refractivity (Wildman–Crippen MR) is 408 cm³/mol. The highest BCUT2D eigenvalue weighted by molar-refractivity contribution is 7.98. The number of likely N-dealkylation sites (tertiary alicyclic amines) is 2. The fraction of sp³-hybridized carbons (Fsp3) is 0.514. The number of aldehydes is 1. The molecule has 2 fully saturated rings. The van der Waals surface area contributed by atoms with Crippen LogP contribution in [0.5, 0.6) is 0 Å². The van der Waals surface area contributed by atoms with Crippen molar-refractivity contribution >= 4 is 117 Å². The first-order valence-electron chi connectivity index (χ1n) is 36.7. The number of rotatable bonds is 45. The van der Waals surface area contributed by atoms with E-state index in [1.165, 1.54) is 21.6 Å². The molecule has 5 aromatic rings. The molecule has 24 N–H and O–H groups in total. The summed E-state index contributed by atoms with van der Waals surface area (Å²) in [6, 6.07) is 7.57. The van der Waals surface area contributed by atoms with Gasteiger partial charge in [0.25, 0.3) is 0 Å². The number of amides is 12. The Kier molecular flexibility index (Phi) is 33.1. The van der Waals surface area contributed by atoms with Crippen LogP contribution in [0.3, 0.4) is 0 Å². The van der Waals surface area contributed by atoms with E-state index in [1.54, 1.807) is 67.0 Å². The van der Waals surface area contributed by atoms with Crippen molar-refractivity contribution in [3.63, 3.8) is 0 Å². The maximum Gasteiger partial charge on any atom is 0.245 e. The Labute approximate surface area is 631 Å². The number of nitrogens with two attached hydrogens (primary N) is 7. The zero-order valence-corrected chi connectivity index (χ0v) is 62.2. The van der Waals surface area contributed by atoms with Crippen LogP contribution in [0.15, 0.2) is 96.2 Å². The summed E-state index contributed by atoms with van der Waals surface area (Å²) >= 11 is 1.46. The molecule has 12 atom stereocenters. The van der Waals surface area contributed by atoms with Crippen molar-refractivity contribution in [1.29, 1.82) is 0 Å². The highest BCUT2D eigenvalue weighted by Gasteiger charge is 2.43. The van der Waals surface area contributed by atoms with Crippen LogP contribution in [0, 0.1) is 5.92 Å². The molecule has 1 unspecified atom stereocenters. The summed E-state index contributed by atoms with van der Waals surface area (Å²) in [7, 11) is 0. The first-order chi connectivity index (χ1) is 51.7. The lowest BCUT2D eigenvalue weighted by atomic mass is 9.95. The third-order valence-corrected chi connectivity index (χ3v) is 19.9. The molecule has 0 radical (unpaired) electrons. The molecule has 2 aromatic heterocycles. The smallest absolute Gasteiger partial charge is 0.245 e. The molecule has 0 saturated carbocycles. The van der Waals surface area contributed by atoms with E-state index in [9.17, 15) is 47.9 Å². The number of thioether (sulfide) groups is 1. The summed E-state index contributed by atoms with van der Waals surface area (Å²) in [5.74, 6) is -9.03. The van der Waals surface area contributed by atoms with E-state index in [0.29, 0.717) is 78.2 Å².